The van der Waals surface area contributed by atoms with Crippen LogP contribution in [-0.2, 0) is 11.3 Å². The van der Waals surface area contributed by atoms with E-state index < -0.39 is 6.36 Å². The Bertz CT molecular complexity index is 891. The van der Waals surface area contributed by atoms with Gasteiger partial charge in [0.15, 0.2) is 5.82 Å². The molecule has 2 aromatic rings. The van der Waals surface area contributed by atoms with E-state index in [2.05, 4.69) is 19.8 Å². The van der Waals surface area contributed by atoms with Gasteiger partial charge in [-0.15, -0.1) is 13.2 Å². The summed E-state index contributed by atoms with van der Waals surface area (Å²) in [6, 6.07) is 5.88. The van der Waals surface area contributed by atoms with E-state index in [1.165, 1.54) is 12.1 Å². The van der Waals surface area contributed by atoms with Crippen LogP contribution in [0.2, 0.25) is 0 Å². The van der Waals surface area contributed by atoms with Gasteiger partial charge in [-0.3, -0.25) is 9.69 Å². The number of alkyl halides is 3. The van der Waals surface area contributed by atoms with Gasteiger partial charge in [-0.1, -0.05) is 17.3 Å². The van der Waals surface area contributed by atoms with Gasteiger partial charge in [0.1, 0.15) is 5.75 Å². The van der Waals surface area contributed by atoms with Crippen molar-refractivity contribution in [1.29, 1.82) is 0 Å². The standard InChI is InChI=1S/C19H21F3N4O3/c1-12-23-17(29-24-12)16-8-26(13(2)27)11-18(16)9-25(10-18)7-14-3-5-15(6-4-14)28-19(20,21)22/h3-6,16H,7-11H2,1-2H3. The molecule has 1 amide bonds. The first kappa shape index (κ1) is 19.7. The number of ether oxygens (including phenoxy) is 1. The minimum atomic E-state index is -4.70. The predicted octanol–water partition coefficient (Wildman–Crippen LogP) is 2.72. The lowest BCUT2D eigenvalue weighted by molar-refractivity contribution is -0.274. The summed E-state index contributed by atoms with van der Waals surface area (Å²) in [5.41, 5.74) is 0.741. The van der Waals surface area contributed by atoms with Crippen molar-refractivity contribution >= 4 is 5.91 Å². The number of amides is 1. The molecule has 4 rings (SSSR count). The average molecular weight is 410 g/mol. The fourth-order valence-corrected chi connectivity index (χ4v) is 4.33. The van der Waals surface area contributed by atoms with E-state index in [0.717, 1.165) is 18.7 Å². The van der Waals surface area contributed by atoms with Crippen LogP contribution in [0.4, 0.5) is 13.2 Å². The molecule has 7 nitrogen and oxygen atoms in total. The van der Waals surface area contributed by atoms with Crippen LogP contribution in [-0.4, -0.2) is 58.4 Å². The smallest absolute Gasteiger partial charge is 0.406 e. The van der Waals surface area contributed by atoms with Gasteiger partial charge in [0.25, 0.3) is 0 Å². The Morgan fingerprint density at radius 1 is 1.28 bits per heavy atom. The summed E-state index contributed by atoms with van der Waals surface area (Å²) in [5.74, 6) is 0.877. The molecule has 1 spiro atoms. The molecule has 2 saturated heterocycles. The molecule has 3 heterocycles. The van der Waals surface area contributed by atoms with E-state index in [4.69, 9.17) is 4.52 Å². The average Bonchev–Trinajstić information content (AvgIpc) is 3.19. The summed E-state index contributed by atoms with van der Waals surface area (Å²) in [5, 5.41) is 3.88. The molecule has 1 aromatic heterocycles. The van der Waals surface area contributed by atoms with Crippen molar-refractivity contribution in [3.63, 3.8) is 0 Å². The maximum absolute atomic E-state index is 12.3. The van der Waals surface area contributed by atoms with E-state index in [1.807, 2.05) is 4.90 Å². The molecule has 156 valence electrons. The van der Waals surface area contributed by atoms with Crippen molar-refractivity contribution in [1.82, 2.24) is 19.9 Å². The molecule has 2 aliphatic heterocycles. The lowest BCUT2D eigenvalue weighted by Crippen LogP contribution is -2.59. The molecule has 1 unspecified atom stereocenters. The number of hydrogen-bond acceptors (Lipinski definition) is 6. The first-order valence-electron chi connectivity index (χ1n) is 9.26. The SMILES string of the molecule is CC(=O)N1CC(c2nc(C)no2)C2(CN(Cc3ccc(OC(F)(F)F)cc3)C2)C1. The van der Waals surface area contributed by atoms with Gasteiger partial charge in [0, 0.05) is 45.1 Å². The van der Waals surface area contributed by atoms with Crippen molar-refractivity contribution in [3.8, 4) is 5.75 Å². The van der Waals surface area contributed by atoms with Crippen LogP contribution >= 0.6 is 0 Å². The van der Waals surface area contributed by atoms with Crippen LogP contribution in [0.1, 0.15) is 30.1 Å². The van der Waals surface area contributed by atoms with Gasteiger partial charge in [0.2, 0.25) is 11.8 Å². The summed E-state index contributed by atoms with van der Waals surface area (Å²) < 4.78 is 46.1. The second-order valence-electron chi connectivity index (χ2n) is 7.83. The first-order valence-corrected chi connectivity index (χ1v) is 9.26. The minimum Gasteiger partial charge on any atom is -0.406 e. The summed E-state index contributed by atoms with van der Waals surface area (Å²) in [7, 11) is 0. The van der Waals surface area contributed by atoms with Crippen molar-refractivity contribution in [2.75, 3.05) is 26.2 Å². The number of likely N-dealkylation sites (tertiary alicyclic amines) is 2. The number of hydrogen-bond donors (Lipinski definition) is 0. The Hall–Kier alpha value is -2.62. The van der Waals surface area contributed by atoms with Crippen LogP contribution in [0.15, 0.2) is 28.8 Å². The summed E-state index contributed by atoms with van der Waals surface area (Å²) in [4.78, 5) is 20.3. The Balaban J connectivity index is 1.42. The van der Waals surface area contributed by atoms with E-state index >= 15 is 0 Å². The first-order chi connectivity index (χ1) is 13.6. The van der Waals surface area contributed by atoms with Gasteiger partial charge < -0.3 is 14.2 Å². The third kappa shape index (κ3) is 4.07. The lowest BCUT2D eigenvalue weighted by Gasteiger charge is -2.50. The number of aryl methyl sites for hydroxylation is 1. The van der Waals surface area contributed by atoms with Gasteiger partial charge in [-0.05, 0) is 24.6 Å². The monoisotopic (exact) mass is 410 g/mol. The topological polar surface area (TPSA) is 71.7 Å². The van der Waals surface area contributed by atoms with Crippen molar-refractivity contribution < 1.29 is 27.2 Å². The van der Waals surface area contributed by atoms with Gasteiger partial charge in [0.05, 0.1) is 5.92 Å². The fraction of sp³-hybridized carbons (Fsp3) is 0.526. The number of carbonyl (C=O) groups excluding carboxylic acids is 1. The van der Waals surface area contributed by atoms with Crippen LogP contribution in [0, 0.1) is 12.3 Å². The molecule has 2 fully saturated rings. The molecule has 0 aliphatic carbocycles. The zero-order valence-corrected chi connectivity index (χ0v) is 16.1. The van der Waals surface area contributed by atoms with Crippen molar-refractivity contribution in [2.45, 2.75) is 32.7 Å². The van der Waals surface area contributed by atoms with Crippen molar-refractivity contribution in [2.24, 2.45) is 5.41 Å². The maximum Gasteiger partial charge on any atom is 0.573 e. The van der Waals surface area contributed by atoms with Crippen LogP contribution in [0.3, 0.4) is 0 Å². The molecule has 0 bridgehead atoms. The van der Waals surface area contributed by atoms with Crippen LogP contribution in [0.25, 0.3) is 0 Å². The molecule has 0 N–H and O–H groups in total. The van der Waals surface area contributed by atoms with Gasteiger partial charge in [-0.2, -0.15) is 4.98 Å². The van der Waals surface area contributed by atoms with Crippen LogP contribution < -0.4 is 4.74 Å². The third-order valence-corrected chi connectivity index (χ3v) is 5.57. The Kier molecular flexibility index (Phi) is 4.76. The molecular weight excluding hydrogens is 389 g/mol. The highest BCUT2D eigenvalue weighted by Gasteiger charge is 2.56. The Labute approximate surface area is 165 Å². The number of carbonyl (C=O) groups is 1. The maximum atomic E-state index is 12.3. The van der Waals surface area contributed by atoms with E-state index in [0.29, 0.717) is 31.3 Å². The zero-order chi connectivity index (χ0) is 20.8. The normalized spacial score (nSPS) is 21.4. The highest BCUT2D eigenvalue weighted by molar-refractivity contribution is 5.74. The zero-order valence-electron chi connectivity index (χ0n) is 16.1. The third-order valence-electron chi connectivity index (χ3n) is 5.57. The molecule has 10 heteroatoms. The predicted molar refractivity (Wildman–Crippen MR) is 94.9 cm³/mol. The number of nitrogens with zero attached hydrogens (tertiary/aromatic N) is 4. The largest absolute Gasteiger partial charge is 0.573 e. The molecule has 0 saturated carbocycles. The Morgan fingerprint density at radius 2 is 1.97 bits per heavy atom. The highest BCUT2D eigenvalue weighted by atomic mass is 19.4. The quantitative estimate of drug-likeness (QED) is 0.772. The van der Waals surface area contributed by atoms with Crippen molar-refractivity contribution in [3.05, 3.63) is 41.5 Å². The second kappa shape index (κ2) is 7.01. The highest BCUT2D eigenvalue weighted by Crippen LogP contribution is 2.49. The fourth-order valence-electron chi connectivity index (χ4n) is 4.33. The molecule has 1 aromatic carbocycles. The lowest BCUT2D eigenvalue weighted by atomic mass is 9.71. The number of aromatic nitrogens is 2. The molecule has 2 aliphatic rings. The molecule has 0 radical (unpaired) electrons. The second-order valence-corrected chi connectivity index (χ2v) is 7.83. The number of benzene rings is 1. The molecule has 29 heavy (non-hydrogen) atoms. The van der Waals surface area contributed by atoms with Crippen LogP contribution in [0.5, 0.6) is 5.75 Å². The summed E-state index contributed by atoms with van der Waals surface area (Å²) in [6.07, 6.45) is -4.70. The number of halogens is 3. The Morgan fingerprint density at radius 3 is 2.52 bits per heavy atom. The van der Waals surface area contributed by atoms with E-state index in [1.54, 1.807) is 26.0 Å². The minimum absolute atomic E-state index is 0.0156. The molecular formula is C19H21F3N4O3. The van der Waals surface area contributed by atoms with Gasteiger partial charge >= 0.3 is 6.36 Å². The molecule has 1 atom stereocenters. The van der Waals surface area contributed by atoms with E-state index in [-0.39, 0.29) is 23.0 Å². The summed E-state index contributed by atoms with van der Waals surface area (Å²) in [6.45, 7) is 6.57. The van der Waals surface area contributed by atoms with Gasteiger partial charge in [-0.25, -0.2) is 0 Å². The van der Waals surface area contributed by atoms with E-state index in [9.17, 15) is 18.0 Å². The number of rotatable bonds is 4. The summed E-state index contributed by atoms with van der Waals surface area (Å²) >= 11 is 0.